The van der Waals surface area contributed by atoms with E-state index in [1.165, 1.54) is 18.4 Å². The van der Waals surface area contributed by atoms with Crippen LogP contribution < -0.4 is 5.73 Å². The molecule has 0 radical (unpaired) electrons. The van der Waals surface area contributed by atoms with Crippen molar-refractivity contribution in [1.82, 2.24) is 0 Å². The second-order valence-electron chi connectivity index (χ2n) is 4.71. The molecule has 5 heteroatoms. The average molecular weight is 354 g/mol. The number of nitrogen functional groups attached to an aromatic ring is 1. The molecule has 0 fully saturated rings. The number of anilines is 1. The van der Waals surface area contributed by atoms with Crippen molar-refractivity contribution in [2.75, 3.05) is 12.8 Å². The number of hydrogen-bond donors (Lipinski definition) is 1. The number of carbonyl (C=O) groups is 1. The average Bonchev–Trinajstić information content (AvgIpc) is 2.76. The highest BCUT2D eigenvalue weighted by molar-refractivity contribution is 9.10. The Kier molecular flexibility index (Phi) is 4.50. The summed E-state index contributed by atoms with van der Waals surface area (Å²) in [5.74, 6) is -0.153. The Bertz CT molecular complexity index is 649. The summed E-state index contributed by atoms with van der Waals surface area (Å²) in [4.78, 5) is 13.3. The van der Waals surface area contributed by atoms with Crippen LogP contribution >= 0.6 is 27.3 Å². The number of thiophene rings is 1. The van der Waals surface area contributed by atoms with Crippen molar-refractivity contribution in [2.45, 2.75) is 19.8 Å². The first kappa shape index (κ1) is 15.1. The largest absolute Gasteiger partial charge is 0.465 e. The fourth-order valence-corrected chi connectivity index (χ4v) is 4.07. The van der Waals surface area contributed by atoms with Crippen LogP contribution in [0.25, 0.3) is 10.4 Å². The van der Waals surface area contributed by atoms with Gasteiger partial charge in [-0.15, -0.1) is 11.3 Å². The molecule has 0 aliphatic rings. The van der Waals surface area contributed by atoms with Crippen LogP contribution in [0.3, 0.4) is 0 Å². The summed E-state index contributed by atoms with van der Waals surface area (Å²) in [7, 11) is 1.37. The lowest BCUT2D eigenvalue weighted by atomic mass is 9.98. The molecule has 0 saturated carbocycles. The topological polar surface area (TPSA) is 52.3 Å². The molecule has 0 saturated heterocycles. The van der Waals surface area contributed by atoms with E-state index in [1.54, 1.807) is 0 Å². The summed E-state index contributed by atoms with van der Waals surface area (Å²) in [6.07, 6.45) is 0. The number of rotatable bonds is 3. The number of benzene rings is 1. The third-order valence-electron chi connectivity index (χ3n) is 3.05. The van der Waals surface area contributed by atoms with Crippen LogP contribution in [0.1, 0.15) is 35.0 Å². The molecule has 3 nitrogen and oxygen atoms in total. The SMILES string of the molecule is COC(=O)c1sc(-c2ccccc2Br)c(C(C)C)c1N. The summed E-state index contributed by atoms with van der Waals surface area (Å²) in [5, 5.41) is 0. The van der Waals surface area contributed by atoms with Gasteiger partial charge in [-0.2, -0.15) is 0 Å². The van der Waals surface area contributed by atoms with Crippen LogP contribution in [0.15, 0.2) is 28.7 Å². The van der Waals surface area contributed by atoms with Crippen molar-refractivity contribution in [3.05, 3.63) is 39.2 Å². The van der Waals surface area contributed by atoms with E-state index in [0.717, 1.165) is 20.5 Å². The van der Waals surface area contributed by atoms with E-state index in [0.29, 0.717) is 10.6 Å². The van der Waals surface area contributed by atoms with Gasteiger partial charge in [-0.1, -0.05) is 48.0 Å². The number of esters is 1. The predicted molar refractivity (Wildman–Crippen MR) is 87.3 cm³/mol. The Labute approximate surface area is 130 Å². The molecule has 0 atom stereocenters. The zero-order chi connectivity index (χ0) is 14.9. The number of halogens is 1. The van der Waals surface area contributed by atoms with Crippen molar-refractivity contribution in [2.24, 2.45) is 0 Å². The molecule has 0 amide bonds. The van der Waals surface area contributed by atoms with Crippen LogP contribution in [-0.2, 0) is 4.74 Å². The molecule has 2 N–H and O–H groups in total. The summed E-state index contributed by atoms with van der Waals surface area (Å²) in [6, 6.07) is 7.92. The van der Waals surface area contributed by atoms with Gasteiger partial charge in [0, 0.05) is 14.9 Å². The molecule has 2 rings (SSSR count). The van der Waals surface area contributed by atoms with Crippen LogP contribution in [0.2, 0.25) is 0 Å². The first-order chi connectivity index (χ1) is 9.47. The van der Waals surface area contributed by atoms with Crippen LogP contribution in [0, 0.1) is 0 Å². The Morgan fingerprint density at radius 3 is 2.55 bits per heavy atom. The Morgan fingerprint density at radius 2 is 2.00 bits per heavy atom. The highest BCUT2D eigenvalue weighted by Crippen LogP contribution is 2.44. The zero-order valence-electron chi connectivity index (χ0n) is 11.6. The van der Waals surface area contributed by atoms with Gasteiger partial charge in [-0.05, 0) is 17.5 Å². The fraction of sp³-hybridized carbons (Fsp3) is 0.267. The molecule has 20 heavy (non-hydrogen) atoms. The fourth-order valence-electron chi connectivity index (χ4n) is 2.12. The summed E-state index contributed by atoms with van der Waals surface area (Å²) in [5.41, 5.74) is 8.74. The van der Waals surface area contributed by atoms with E-state index >= 15 is 0 Å². The first-order valence-electron chi connectivity index (χ1n) is 6.22. The quantitative estimate of drug-likeness (QED) is 0.815. The molecule has 106 valence electrons. The van der Waals surface area contributed by atoms with Gasteiger partial charge >= 0.3 is 5.97 Å². The number of hydrogen-bond acceptors (Lipinski definition) is 4. The first-order valence-corrected chi connectivity index (χ1v) is 7.83. The van der Waals surface area contributed by atoms with Crippen LogP contribution in [-0.4, -0.2) is 13.1 Å². The van der Waals surface area contributed by atoms with E-state index in [4.69, 9.17) is 10.5 Å². The number of nitrogens with two attached hydrogens (primary N) is 1. The molecule has 1 aromatic heterocycles. The third kappa shape index (κ3) is 2.60. The van der Waals surface area contributed by atoms with Crippen molar-refractivity contribution >= 4 is 38.9 Å². The molecule has 0 aliphatic carbocycles. The van der Waals surface area contributed by atoms with E-state index in [2.05, 4.69) is 29.8 Å². The minimum absolute atomic E-state index is 0.228. The predicted octanol–water partition coefficient (Wildman–Crippen LogP) is 4.67. The monoisotopic (exact) mass is 353 g/mol. The molecule has 0 spiro atoms. The molecular formula is C15H16BrNO2S. The minimum Gasteiger partial charge on any atom is -0.465 e. The van der Waals surface area contributed by atoms with Crippen LogP contribution in [0.5, 0.6) is 0 Å². The van der Waals surface area contributed by atoms with Crippen molar-refractivity contribution in [1.29, 1.82) is 0 Å². The van der Waals surface area contributed by atoms with Gasteiger partial charge in [0.15, 0.2) is 0 Å². The number of ether oxygens (including phenoxy) is 1. The van der Waals surface area contributed by atoms with E-state index < -0.39 is 0 Å². The molecule has 2 aromatic rings. The number of carbonyl (C=O) groups excluding carboxylic acids is 1. The van der Waals surface area contributed by atoms with Gasteiger partial charge in [0.2, 0.25) is 0 Å². The smallest absolute Gasteiger partial charge is 0.350 e. The highest BCUT2D eigenvalue weighted by Gasteiger charge is 2.24. The van der Waals surface area contributed by atoms with Crippen molar-refractivity contribution < 1.29 is 9.53 Å². The Morgan fingerprint density at radius 1 is 1.35 bits per heavy atom. The lowest BCUT2D eigenvalue weighted by Gasteiger charge is -2.10. The van der Waals surface area contributed by atoms with Crippen molar-refractivity contribution in [3.8, 4) is 10.4 Å². The highest BCUT2D eigenvalue weighted by atomic mass is 79.9. The van der Waals surface area contributed by atoms with Gasteiger partial charge in [-0.3, -0.25) is 0 Å². The molecule has 1 heterocycles. The van der Waals surface area contributed by atoms with E-state index in [-0.39, 0.29) is 11.9 Å². The second kappa shape index (κ2) is 5.97. The maximum atomic E-state index is 11.8. The molecule has 0 unspecified atom stereocenters. The summed E-state index contributed by atoms with van der Waals surface area (Å²) in [6.45, 7) is 4.14. The lowest BCUT2D eigenvalue weighted by molar-refractivity contribution is 0.0607. The van der Waals surface area contributed by atoms with Gasteiger partial charge < -0.3 is 10.5 Å². The second-order valence-corrected chi connectivity index (χ2v) is 6.59. The number of methoxy groups -OCH3 is 1. The minimum atomic E-state index is -0.382. The Balaban J connectivity index is 2.70. The van der Waals surface area contributed by atoms with Gasteiger partial charge in [0.1, 0.15) is 4.88 Å². The van der Waals surface area contributed by atoms with E-state index in [1.807, 2.05) is 24.3 Å². The molecular weight excluding hydrogens is 338 g/mol. The Hall–Kier alpha value is -1.33. The molecule has 1 aromatic carbocycles. The summed E-state index contributed by atoms with van der Waals surface area (Å²) >= 11 is 4.94. The standard InChI is InChI=1S/C15H16BrNO2S/c1-8(2)11-12(17)14(15(18)19-3)20-13(11)9-6-4-5-7-10(9)16/h4-8H,17H2,1-3H3. The zero-order valence-corrected chi connectivity index (χ0v) is 14.0. The van der Waals surface area contributed by atoms with E-state index in [9.17, 15) is 4.79 Å². The van der Waals surface area contributed by atoms with Gasteiger partial charge in [0.05, 0.1) is 12.8 Å². The molecule has 0 bridgehead atoms. The summed E-state index contributed by atoms with van der Waals surface area (Å²) < 4.78 is 5.80. The molecule has 0 aliphatic heterocycles. The lowest BCUT2D eigenvalue weighted by Crippen LogP contribution is -2.03. The maximum Gasteiger partial charge on any atom is 0.350 e. The normalized spacial score (nSPS) is 10.8. The van der Waals surface area contributed by atoms with Gasteiger partial charge in [0.25, 0.3) is 0 Å². The van der Waals surface area contributed by atoms with Crippen LogP contribution in [0.4, 0.5) is 5.69 Å². The maximum absolute atomic E-state index is 11.8. The third-order valence-corrected chi connectivity index (χ3v) is 4.98. The van der Waals surface area contributed by atoms with Gasteiger partial charge in [-0.25, -0.2) is 4.79 Å². The van der Waals surface area contributed by atoms with Crippen molar-refractivity contribution in [3.63, 3.8) is 0 Å².